The van der Waals surface area contributed by atoms with Crippen molar-refractivity contribution in [3.05, 3.63) is 47.9 Å². The lowest BCUT2D eigenvalue weighted by molar-refractivity contribution is 0.210. The fraction of sp³-hybridized carbons (Fsp3) is 0.333. The highest BCUT2D eigenvalue weighted by molar-refractivity contribution is 5.39. The molecule has 0 radical (unpaired) electrons. The Balaban J connectivity index is 1.83. The Morgan fingerprint density at radius 1 is 1.14 bits per heavy atom. The van der Waals surface area contributed by atoms with Gasteiger partial charge in [-0.1, -0.05) is 18.2 Å². The first-order valence-corrected chi connectivity index (χ1v) is 6.82. The van der Waals surface area contributed by atoms with E-state index in [0.717, 1.165) is 5.82 Å². The van der Waals surface area contributed by atoms with Crippen molar-refractivity contribution in [2.24, 2.45) is 0 Å². The highest BCUT2D eigenvalue weighted by Crippen LogP contribution is 2.08. The van der Waals surface area contributed by atoms with Gasteiger partial charge in [0.05, 0.1) is 6.61 Å². The van der Waals surface area contributed by atoms with Crippen LogP contribution in [0.5, 0.6) is 0 Å². The van der Waals surface area contributed by atoms with Gasteiger partial charge in [-0.3, -0.25) is 0 Å². The summed E-state index contributed by atoms with van der Waals surface area (Å²) in [6, 6.07) is 8.55. The van der Waals surface area contributed by atoms with Crippen molar-refractivity contribution < 1.29 is 9.13 Å². The number of hydrogen-bond donors (Lipinski definition) is 2. The van der Waals surface area contributed by atoms with Gasteiger partial charge in [-0.15, -0.1) is 0 Å². The largest absolute Gasteiger partial charge is 0.383 e. The number of nitrogens with one attached hydrogen (secondary N) is 2. The van der Waals surface area contributed by atoms with E-state index in [1.54, 1.807) is 31.5 Å². The molecule has 0 saturated carbocycles. The Morgan fingerprint density at radius 3 is 2.81 bits per heavy atom. The molecule has 0 unspecified atom stereocenters. The van der Waals surface area contributed by atoms with E-state index in [1.165, 1.54) is 6.07 Å². The lowest BCUT2D eigenvalue weighted by atomic mass is 10.1. The molecule has 2 aromatic rings. The first kappa shape index (κ1) is 15.2. The molecule has 21 heavy (non-hydrogen) atoms. The molecule has 0 bridgehead atoms. The summed E-state index contributed by atoms with van der Waals surface area (Å²) in [4.78, 5) is 8.45. The Hall–Kier alpha value is -2.21. The van der Waals surface area contributed by atoms with E-state index in [0.29, 0.717) is 37.6 Å². The molecule has 1 aromatic heterocycles. The second-order valence-corrected chi connectivity index (χ2v) is 4.45. The number of anilines is 2. The van der Waals surface area contributed by atoms with Crippen molar-refractivity contribution in [1.82, 2.24) is 9.97 Å². The highest BCUT2D eigenvalue weighted by atomic mass is 19.1. The number of rotatable bonds is 8. The normalized spacial score (nSPS) is 10.4. The van der Waals surface area contributed by atoms with E-state index in [-0.39, 0.29) is 5.82 Å². The fourth-order valence-corrected chi connectivity index (χ4v) is 1.83. The van der Waals surface area contributed by atoms with E-state index in [9.17, 15) is 4.39 Å². The predicted molar refractivity (Wildman–Crippen MR) is 81.0 cm³/mol. The molecule has 0 aliphatic rings. The molecular formula is C15H19FN4O. The quantitative estimate of drug-likeness (QED) is 0.731. The topological polar surface area (TPSA) is 59.1 Å². The van der Waals surface area contributed by atoms with Gasteiger partial charge in [-0.25, -0.2) is 9.37 Å². The van der Waals surface area contributed by atoms with E-state index in [4.69, 9.17) is 4.74 Å². The minimum atomic E-state index is -0.185. The number of methoxy groups -OCH3 is 1. The summed E-state index contributed by atoms with van der Waals surface area (Å²) < 4.78 is 18.4. The van der Waals surface area contributed by atoms with Crippen LogP contribution < -0.4 is 10.6 Å². The average Bonchev–Trinajstić information content (AvgIpc) is 2.50. The molecule has 0 spiro atoms. The van der Waals surface area contributed by atoms with E-state index < -0.39 is 0 Å². The molecule has 1 heterocycles. The molecule has 0 aliphatic carbocycles. The van der Waals surface area contributed by atoms with Crippen LogP contribution in [0.4, 0.5) is 16.2 Å². The molecule has 0 saturated heterocycles. The zero-order valence-electron chi connectivity index (χ0n) is 12.0. The predicted octanol–water partition coefficient (Wildman–Crippen LogP) is 2.33. The molecule has 5 nitrogen and oxygen atoms in total. The van der Waals surface area contributed by atoms with Crippen LogP contribution in [0.3, 0.4) is 0 Å². The fourth-order valence-electron chi connectivity index (χ4n) is 1.83. The van der Waals surface area contributed by atoms with Gasteiger partial charge in [0.25, 0.3) is 0 Å². The number of halogens is 1. The Bertz CT molecular complexity index is 565. The van der Waals surface area contributed by atoms with Crippen LogP contribution in [0.2, 0.25) is 0 Å². The zero-order chi connectivity index (χ0) is 14.9. The van der Waals surface area contributed by atoms with E-state index in [2.05, 4.69) is 20.6 Å². The third-order valence-electron chi connectivity index (χ3n) is 2.90. The molecule has 112 valence electrons. The number of hydrogen-bond acceptors (Lipinski definition) is 5. The first-order valence-electron chi connectivity index (χ1n) is 6.82. The second kappa shape index (κ2) is 8.16. The van der Waals surface area contributed by atoms with Gasteiger partial charge in [0.2, 0.25) is 5.95 Å². The highest BCUT2D eigenvalue weighted by Gasteiger charge is 2.02. The van der Waals surface area contributed by atoms with Crippen molar-refractivity contribution in [3.63, 3.8) is 0 Å². The smallest absolute Gasteiger partial charge is 0.224 e. The number of ether oxygens (including phenoxy) is 1. The van der Waals surface area contributed by atoms with Gasteiger partial charge in [-0.2, -0.15) is 4.98 Å². The second-order valence-electron chi connectivity index (χ2n) is 4.45. The third kappa shape index (κ3) is 5.00. The van der Waals surface area contributed by atoms with E-state index >= 15 is 0 Å². The van der Waals surface area contributed by atoms with Crippen LogP contribution in [0.1, 0.15) is 5.56 Å². The lowest BCUT2D eigenvalue weighted by Crippen LogP contribution is -2.12. The third-order valence-corrected chi connectivity index (χ3v) is 2.90. The molecule has 0 aliphatic heterocycles. The maximum atomic E-state index is 13.5. The molecule has 2 N–H and O–H groups in total. The van der Waals surface area contributed by atoms with Gasteiger partial charge < -0.3 is 15.4 Å². The number of nitrogens with zero attached hydrogens (tertiary/aromatic N) is 2. The van der Waals surface area contributed by atoms with Crippen LogP contribution in [0.15, 0.2) is 36.5 Å². The van der Waals surface area contributed by atoms with Crippen molar-refractivity contribution in [3.8, 4) is 0 Å². The molecule has 1 aromatic carbocycles. The van der Waals surface area contributed by atoms with Crippen LogP contribution in [-0.4, -0.2) is 36.8 Å². The summed E-state index contributed by atoms with van der Waals surface area (Å²) in [7, 11) is 1.65. The molecule has 0 fully saturated rings. The van der Waals surface area contributed by atoms with Gasteiger partial charge in [0.15, 0.2) is 0 Å². The summed E-state index contributed by atoms with van der Waals surface area (Å²) in [5.74, 6) is 1.07. The lowest BCUT2D eigenvalue weighted by Gasteiger charge is -2.08. The van der Waals surface area contributed by atoms with Crippen molar-refractivity contribution in [2.75, 3.05) is 37.4 Å². The van der Waals surface area contributed by atoms with E-state index in [1.807, 2.05) is 6.07 Å². The Morgan fingerprint density at radius 2 is 2.00 bits per heavy atom. The van der Waals surface area contributed by atoms with Crippen molar-refractivity contribution >= 4 is 11.8 Å². The molecule has 0 atom stereocenters. The van der Waals surface area contributed by atoms with Crippen molar-refractivity contribution in [2.45, 2.75) is 6.42 Å². The molecule has 6 heteroatoms. The van der Waals surface area contributed by atoms with Crippen LogP contribution >= 0.6 is 0 Å². The van der Waals surface area contributed by atoms with Gasteiger partial charge >= 0.3 is 0 Å². The summed E-state index contributed by atoms with van der Waals surface area (Å²) in [5, 5.41) is 6.22. The monoisotopic (exact) mass is 290 g/mol. The number of benzene rings is 1. The Kier molecular flexibility index (Phi) is 5.90. The summed E-state index contributed by atoms with van der Waals surface area (Å²) >= 11 is 0. The Labute approximate surface area is 123 Å². The van der Waals surface area contributed by atoms with Crippen LogP contribution in [-0.2, 0) is 11.2 Å². The maximum absolute atomic E-state index is 13.5. The zero-order valence-corrected chi connectivity index (χ0v) is 12.0. The summed E-state index contributed by atoms with van der Waals surface area (Å²) in [6.45, 7) is 1.87. The van der Waals surface area contributed by atoms with Gasteiger partial charge in [0.1, 0.15) is 11.6 Å². The van der Waals surface area contributed by atoms with Crippen molar-refractivity contribution in [1.29, 1.82) is 0 Å². The molecular weight excluding hydrogens is 271 g/mol. The average molecular weight is 290 g/mol. The maximum Gasteiger partial charge on any atom is 0.224 e. The minimum absolute atomic E-state index is 0.185. The summed E-state index contributed by atoms with van der Waals surface area (Å²) in [6.07, 6.45) is 2.25. The molecule has 2 rings (SSSR count). The van der Waals surface area contributed by atoms with Gasteiger partial charge in [0, 0.05) is 26.4 Å². The number of aromatic nitrogens is 2. The van der Waals surface area contributed by atoms with Gasteiger partial charge in [-0.05, 0) is 24.1 Å². The minimum Gasteiger partial charge on any atom is -0.383 e. The van der Waals surface area contributed by atoms with Crippen LogP contribution in [0, 0.1) is 5.82 Å². The standard InChI is InChI=1S/C15H19FN4O/c1-21-11-10-17-14-7-9-19-15(20-14)18-8-6-12-4-2-3-5-13(12)16/h2-5,7,9H,6,8,10-11H2,1H3,(H2,17,18,19,20). The SMILES string of the molecule is COCCNc1ccnc(NCCc2ccccc2F)n1. The molecule has 0 amide bonds. The first-order chi connectivity index (χ1) is 10.3. The summed E-state index contributed by atoms with van der Waals surface area (Å²) in [5.41, 5.74) is 0.680. The van der Waals surface area contributed by atoms with Crippen LogP contribution in [0.25, 0.3) is 0 Å².